The fourth-order valence-corrected chi connectivity index (χ4v) is 5.56. The van der Waals surface area contributed by atoms with Crippen molar-refractivity contribution in [1.29, 1.82) is 0 Å². The lowest BCUT2D eigenvalue weighted by molar-refractivity contribution is 0.583. The van der Waals surface area contributed by atoms with E-state index in [0.717, 1.165) is 15.6 Å². The second-order valence-corrected chi connectivity index (χ2v) is 7.96. The Bertz CT molecular complexity index is 569. The molecule has 0 bridgehead atoms. The standard InChI is InChI=1S/C18H16OSi/c19-20(16-10-4-1-5-11-16,17-12-6-2-7-13-17)18-14-8-3-9-15-18/h1-15,19H. The Morgan fingerprint density at radius 1 is 0.450 bits per heavy atom. The quantitative estimate of drug-likeness (QED) is 0.570. The van der Waals surface area contributed by atoms with E-state index < -0.39 is 8.32 Å². The lowest BCUT2D eigenvalue weighted by Gasteiger charge is -2.26. The first-order valence-electron chi connectivity index (χ1n) is 6.71. The van der Waals surface area contributed by atoms with E-state index >= 15 is 0 Å². The van der Waals surface area contributed by atoms with Gasteiger partial charge in [-0.2, -0.15) is 0 Å². The Kier molecular flexibility index (Phi) is 3.50. The first-order chi connectivity index (χ1) is 9.82. The monoisotopic (exact) mass is 276 g/mol. The van der Waals surface area contributed by atoms with Gasteiger partial charge < -0.3 is 4.80 Å². The average molecular weight is 276 g/mol. The molecule has 0 fully saturated rings. The van der Waals surface area contributed by atoms with Crippen LogP contribution in [0.2, 0.25) is 0 Å². The first-order valence-corrected chi connectivity index (χ1v) is 8.65. The molecule has 0 aliphatic heterocycles. The van der Waals surface area contributed by atoms with Crippen molar-refractivity contribution in [1.82, 2.24) is 0 Å². The summed E-state index contributed by atoms with van der Waals surface area (Å²) >= 11 is 0. The SMILES string of the molecule is O[Si](c1ccccc1)(c1ccccc1)c1ccccc1. The molecule has 0 aliphatic carbocycles. The highest BCUT2D eigenvalue weighted by Crippen LogP contribution is 2.03. The van der Waals surface area contributed by atoms with Crippen LogP contribution in [-0.4, -0.2) is 13.1 Å². The highest BCUT2D eigenvalue weighted by Gasteiger charge is 2.37. The summed E-state index contributed by atoms with van der Waals surface area (Å²) in [6.07, 6.45) is 0. The predicted octanol–water partition coefficient (Wildman–Crippen LogP) is 1.65. The third-order valence-corrected chi connectivity index (χ3v) is 7.08. The van der Waals surface area contributed by atoms with Gasteiger partial charge in [0.2, 0.25) is 0 Å². The molecule has 2 heteroatoms. The Hall–Kier alpha value is -2.16. The summed E-state index contributed by atoms with van der Waals surface area (Å²) in [5, 5.41) is 3.03. The van der Waals surface area contributed by atoms with E-state index in [4.69, 9.17) is 0 Å². The zero-order valence-corrected chi connectivity index (χ0v) is 12.1. The van der Waals surface area contributed by atoms with Gasteiger partial charge in [-0.15, -0.1) is 0 Å². The van der Waals surface area contributed by atoms with Gasteiger partial charge in [0.15, 0.2) is 0 Å². The van der Waals surface area contributed by atoms with Gasteiger partial charge in [0.05, 0.1) is 0 Å². The van der Waals surface area contributed by atoms with Crippen molar-refractivity contribution in [3.63, 3.8) is 0 Å². The van der Waals surface area contributed by atoms with Crippen molar-refractivity contribution in [2.24, 2.45) is 0 Å². The number of benzene rings is 3. The number of hydrogen-bond donors (Lipinski definition) is 1. The van der Waals surface area contributed by atoms with Crippen LogP contribution < -0.4 is 15.6 Å². The fourth-order valence-electron chi connectivity index (χ4n) is 2.54. The van der Waals surface area contributed by atoms with Crippen LogP contribution in [0.4, 0.5) is 0 Å². The molecule has 0 heterocycles. The smallest absolute Gasteiger partial charge is 0.285 e. The molecule has 0 saturated heterocycles. The minimum Gasteiger partial charge on any atom is -0.421 e. The van der Waals surface area contributed by atoms with E-state index in [1.165, 1.54) is 0 Å². The highest BCUT2D eigenvalue weighted by molar-refractivity contribution is 7.06. The van der Waals surface area contributed by atoms with Crippen molar-refractivity contribution in [3.05, 3.63) is 91.0 Å². The predicted molar refractivity (Wildman–Crippen MR) is 86.2 cm³/mol. The molecule has 0 radical (unpaired) electrons. The molecule has 20 heavy (non-hydrogen) atoms. The molecular formula is C18H16OSi. The van der Waals surface area contributed by atoms with Gasteiger partial charge in [-0.3, -0.25) is 0 Å². The second kappa shape index (κ2) is 5.45. The van der Waals surface area contributed by atoms with E-state index in [0.29, 0.717) is 0 Å². The third-order valence-electron chi connectivity index (χ3n) is 3.57. The second-order valence-electron chi connectivity index (χ2n) is 4.81. The van der Waals surface area contributed by atoms with E-state index in [2.05, 4.69) is 0 Å². The van der Waals surface area contributed by atoms with Gasteiger partial charge in [0, 0.05) is 0 Å². The van der Waals surface area contributed by atoms with Gasteiger partial charge in [-0.1, -0.05) is 91.0 Å². The highest BCUT2D eigenvalue weighted by atomic mass is 28.4. The molecule has 0 saturated carbocycles. The van der Waals surface area contributed by atoms with Crippen LogP contribution in [0.1, 0.15) is 0 Å². The molecule has 1 N–H and O–H groups in total. The maximum absolute atomic E-state index is 11.6. The molecule has 0 aliphatic rings. The van der Waals surface area contributed by atoms with Crippen molar-refractivity contribution < 1.29 is 4.80 Å². The zero-order chi connectivity index (χ0) is 13.8. The first kappa shape index (κ1) is 12.8. The molecule has 1 nitrogen and oxygen atoms in total. The van der Waals surface area contributed by atoms with E-state index in [-0.39, 0.29) is 0 Å². The summed E-state index contributed by atoms with van der Waals surface area (Å²) in [6, 6.07) is 30.0. The maximum atomic E-state index is 11.6. The molecule has 3 rings (SSSR count). The molecule has 0 amide bonds. The Balaban J connectivity index is 2.24. The topological polar surface area (TPSA) is 20.2 Å². The largest absolute Gasteiger partial charge is 0.421 e. The normalized spacial score (nSPS) is 11.2. The molecule has 0 aromatic heterocycles. The molecular weight excluding hydrogens is 260 g/mol. The van der Waals surface area contributed by atoms with Crippen molar-refractivity contribution in [2.45, 2.75) is 0 Å². The molecule has 0 unspecified atom stereocenters. The van der Waals surface area contributed by atoms with Crippen LogP contribution in [0.15, 0.2) is 91.0 Å². The van der Waals surface area contributed by atoms with E-state index in [9.17, 15) is 4.80 Å². The molecule has 3 aromatic carbocycles. The van der Waals surface area contributed by atoms with Gasteiger partial charge in [0.25, 0.3) is 8.32 Å². The van der Waals surface area contributed by atoms with Crippen molar-refractivity contribution in [3.8, 4) is 0 Å². The summed E-state index contributed by atoms with van der Waals surface area (Å²) in [7, 11) is -2.88. The lowest BCUT2D eigenvalue weighted by Crippen LogP contribution is -2.67. The van der Waals surface area contributed by atoms with E-state index in [1.54, 1.807) is 0 Å². The minimum absolute atomic E-state index is 1.01. The molecule has 98 valence electrons. The fraction of sp³-hybridized carbons (Fsp3) is 0. The minimum atomic E-state index is -2.88. The summed E-state index contributed by atoms with van der Waals surface area (Å²) in [5.41, 5.74) is 0. The molecule has 0 spiro atoms. The number of rotatable bonds is 3. The van der Waals surface area contributed by atoms with Gasteiger partial charge in [0.1, 0.15) is 0 Å². The summed E-state index contributed by atoms with van der Waals surface area (Å²) in [4.78, 5) is 11.6. The van der Waals surface area contributed by atoms with Crippen LogP contribution in [0.3, 0.4) is 0 Å². The Morgan fingerprint density at radius 2 is 0.700 bits per heavy atom. The molecule has 0 atom stereocenters. The van der Waals surface area contributed by atoms with E-state index in [1.807, 2.05) is 91.0 Å². The van der Waals surface area contributed by atoms with Gasteiger partial charge in [-0.25, -0.2) is 0 Å². The zero-order valence-electron chi connectivity index (χ0n) is 11.1. The lowest BCUT2D eigenvalue weighted by atomic mass is 10.3. The Morgan fingerprint density at radius 3 is 0.950 bits per heavy atom. The number of hydrogen-bond acceptors (Lipinski definition) is 1. The van der Waals surface area contributed by atoms with Crippen molar-refractivity contribution >= 4 is 23.9 Å². The van der Waals surface area contributed by atoms with Gasteiger partial charge >= 0.3 is 0 Å². The van der Waals surface area contributed by atoms with Crippen LogP contribution in [0.25, 0.3) is 0 Å². The van der Waals surface area contributed by atoms with Crippen LogP contribution in [0.5, 0.6) is 0 Å². The summed E-state index contributed by atoms with van der Waals surface area (Å²) < 4.78 is 0. The summed E-state index contributed by atoms with van der Waals surface area (Å²) in [6.45, 7) is 0. The maximum Gasteiger partial charge on any atom is 0.285 e. The summed E-state index contributed by atoms with van der Waals surface area (Å²) in [5.74, 6) is 0. The van der Waals surface area contributed by atoms with Crippen LogP contribution in [0, 0.1) is 0 Å². The van der Waals surface area contributed by atoms with Crippen molar-refractivity contribution in [2.75, 3.05) is 0 Å². The average Bonchev–Trinajstić information content (AvgIpc) is 2.56. The van der Waals surface area contributed by atoms with Crippen LogP contribution >= 0.6 is 0 Å². The Labute approximate surface area is 120 Å². The molecule has 3 aromatic rings. The third kappa shape index (κ3) is 2.20. The van der Waals surface area contributed by atoms with Gasteiger partial charge in [-0.05, 0) is 15.6 Å². The van der Waals surface area contributed by atoms with Crippen LogP contribution in [-0.2, 0) is 0 Å².